The molecule has 2 aromatic carbocycles. The van der Waals surface area contributed by atoms with Crippen molar-refractivity contribution in [3.05, 3.63) is 70.8 Å². The lowest BCUT2D eigenvalue weighted by molar-refractivity contribution is 0.0894. The Labute approximate surface area is 117 Å². The first-order valence-electron chi connectivity index (χ1n) is 6.23. The van der Waals surface area contributed by atoms with Crippen molar-refractivity contribution in [1.82, 2.24) is 0 Å². The van der Waals surface area contributed by atoms with Gasteiger partial charge in [-0.1, -0.05) is 42.0 Å². The maximum atomic E-state index is 12.0. The van der Waals surface area contributed by atoms with Crippen LogP contribution in [-0.4, -0.2) is 11.6 Å². The van der Waals surface area contributed by atoms with Crippen LogP contribution in [0.2, 0.25) is 0 Å². The summed E-state index contributed by atoms with van der Waals surface area (Å²) in [5, 5.41) is 8.80. The molecule has 0 aliphatic carbocycles. The second-order valence-corrected chi connectivity index (χ2v) is 4.58. The average molecular weight is 263 g/mol. The predicted octanol–water partition coefficient (Wildman–Crippen LogP) is 3.32. The third-order valence-corrected chi connectivity index (χ3v) is 3.01. The maximum absolute atomic E-state index is 12.0. The van der Waals surface area contributed by atoms with E-state index in [0.29, 0.717) is 16.7 Å². The first-order chi connectivity index (χ1) is 9.60. The van der Waals surface area contributed by atoms with Crippen LogP contribution in [0.1, 0.15) is 38.3 Å². The number of rotatable bonds is 4. The molecule has 0 bridgehead atoms. The molecule has 0 saturated heterocycles. The van der Waals surface area contributed by atoms with Crippen molar-refractivity contribution >= 4 is 11.6 Å². The molecule has 2 rings (SSSR count). The molecule has 20 heavy (non-hydrogen) atoms. The molecule has 0 unspecified atom stereocenters. The highest BCUT2D eigenvalue weighted by Gasteiger charge is 2.13. The first-order valence-corrected chi connectivity index (χ1v) is 6.23. The van der Waals surface area contributed by atoms with Gasteiger partial charge in [-0.05, 0) is 19.1 Å². The number of nitriles is 1. The van der Waals surface area contributed by atoms with Gasteiger partial charge in [-0.25, -0.2) is 0 Å². The molecule has 98 valence electrons. The lowest BCUT2D eigenvalue weighted by Crippen LogP contribution is -2.08. The van der Waals surface area contributed by atoms with E-state index in [0.717, 1.165) is 5.56 Å². The van der Waals surface area contributed by atoms with Crippen LogP contribution in [0.3, 0.4) is 0 Å². The number of nitrogens with zero attached hydrogens (tertiary/aromatic N) is 1. The maximum Gasteiger partial charge on any atom is 0.170 e. The van der Waals surface area contributed by atoms with Gasteiger partial charge in [0.15, 0.2) is 11.6 Å². The summed E-state index contributed by atoms with van der Waals surface area (Å²) in [5.41, 5.74) is 2.40. The van der Waals surface area contributed by atoms with E-state index in [1.165, 1.54) is 6.07 Å². The van der Waals surface area contributed by atoms with Crippen LogP contribution in [0.4, 0.5) is 0 Å². The molecule has 0 amide bonds. The number of hydrogen-bond acceptors (Lipinski definition) is 3. The van der Waals surface area contributed by atoms with Crippen LogP contribution in [0, 0.1) is 18.3 Å². The summed E-state index contributed by atoms with van der Waals surface area (Å²) in [4.78, 5) is 24.0. The smallest absolute Gasteiger partial charge is 0.170 e. The molecule has 0 radical (unpaired) electrons. The highest BCUT2D eigenvalue weighted by Crippen LogP contribution is 2.11. The largest absolute Gasteiger partial charge is 0.294 e. The van der Waals surface area contributed by atoms with E-state index in [9.17, 15) is 9.59 Å². The summed E-state index contributed by atoms with van der Waals surface area (Å²) in [6, 6.07) is 15.5. The van der Waals surface area contributed by atoms with E-state index >= 15 is 0 Å². The Morgan fingerprint density at radius 2 is 1.65 bits per heavy atom. The zero-order chi connectivity index (χ0) is 14.5. The summed E-state index contributed by atoms with van der Waals surface area (Å²) in [6.07, 6.45) is -0.183. The summed E-state index contributed by atoms with van der Waals surface area (Å²) >= 11 is 0. The second kappa shape index (κ2) is 5.94. The molecule has 0 aromatic heterocycles. The monoisotopic (exact) mass is 263 g/mol. The van der Waals surface area contributed by atoms with Gasteiger partial charge in [0.1, 0.15) is 0 Å². The van der Waals surface area contributed by atoms with Gasteiger partial charge in [0, 0.05) is 11.1 Å². The van der Waals surface area contributed by atoms with Gasteiger partial charge in [0.2, 0.25) is 0 Å². The van der Waals surface area contributed by atoms with Gasteiger partial charge in [-0.2, -0.15) is 5.26 Å². The summed E-state index contributed by atoms with van der Waals surface area (Å²) in [6.45, 7) is 1.94. The normalized spacial score (nSPS) is 9.80. The molecule has 0 aliphatic heterocycles. The van der Waals surface area contributed by atoms with Gasteiger partial charge in [-0.15, -0.1) is 0 Å². The van der Waals surface area contributed by atoms with Crippen molar-refractivity contribution in [3.8, 4) is 6.07 Å². The predicted molar refractivity (Wildman–Crippen MR) is 75.6 cm³/mol. The topological polar surface area (TPSA) is 57.9 Å². The van der Waals surface area contributed by atoms with Crippen molar-refractivity contribution in [1.29, 1.82) is 5.26 Å². The number of aryl methyl sites for hydroxylation is 1. The zero-order valence-corrected chi connectivity index (χ0v) is 11.1. The Hall–Kier alpha value is -2.73. The van der Waals surface area contributed by atoms with Crippen LogP contribution < -0.4 is 0 Å². The molecule has 0 saturated carbocycles. The van der Waals surface area contributed by atoms with Crippen molar-refractivity contribution in [2.45, 2.75) is 13.3 Å². The van der Waals surface area contributed by atoms with E-state index in [4.69, 9.17) is 5.26 Å². The number of benzene rings is 2. The van der Waals surface area contributed by atoms with Crippen molar-refractivity contribution in [3.63, 3.8) is 0 Å². The molecule has 3 heteroatoms. The molecule has 0 heterocycles. The van der Waals surface area contributed by atoms with E-state index in [2.05, 4.69) is 0 Å². The van der Waals surface area contributed by atoms with Crippen molar-refractivity contribution in [2.75, 3.05) is 0 Å². The summed E-state index contributed by atoms with van der Waals surface area (Å²) in [7, 11) is 0. The number of hydrogen-bond donors (Lipinski definition) is 0. The Morgan fingerprint density at radius 3 is 2.30 bits per heavy atom. The zero-order valence-electron chi connectivity index (χ0n) is 11.1. The summed E-state index contributed by atoms with van der Waals surface area (Å²) < 4.78 is 0. The number of carbonyl (C=O) groups excluding carboxylic acids is 2. The molecule has 2 aromatic rings. The molecular weight excluding hydrogens is 250 g/mol. The number of carbonyl (C=O) groups is 2. The fourth-order valence-electron chi connectivity index (χ4n) is 1.85. The quantitative estimate of drug-likeness (QED) is 0.628. The van der Waals surface area contributed by atoms with Gasteiger partial charge >= 0.3 is 0 Å². The Kier molecular flexibility index (Phi) is 4.07. The lowest BCUT2D eigenvalue weighted by Gasteiger charge is -2.02. The van der Waals surface area contributed by atoms with Crippen molar-refractivity contribution in [2.24, 2.45) is 0 Å². The fraction of sp³-hybridized carbons (Fsp3) is 0.118. The lowest BCUT2D eigenvalue weighted by atomic mass is 10.00. The second-order valence-electron chi connectivity index (χ2n) is 4.58. The molecule has 3 nitrogen and oxygen atoms in total. The van der Waals surface area contributed by atoms with Crippen LogP contribution >= 0.6 is 0 Å². The van der Waals surface area contributed by atoms with Crippen LogP contribution in [0.15, 0.2) is 48.5 Å². The highest BCUT2D eigenvalue weighted by molar-refractivity contribution is 6.13. The SMILES string of the molecule is Cc1ccc(C(=O)CC(=O)c2cccc(C#N)c2)cc1. The van der Waals surface area contributed by atoms with E-state index < -0.39 is 0 Å². The standard InChI is InChI=1S/C17H13NO2/c1-12-5-7-14(8-6-12)16(19)10-17(20)15-4-2-3-13(9-15)11-18/h2-9H,10H2,1H3. The van der Waals surface area contributed by atoms with Crippen LogP contribution in [-0.2, 0) is 0 Å². The third kappa shape index (κ3) is 3.18. The van der Waals surface area contributed by atoms with Gasteiger partial charge < -0.3 is 0 Å². The molecule has 0 spiro atoms. The summed E-state index contributed by atoms with van der Waals surface area (Å²) in [5.74, 6) is -0.481. The number of ketones is 2. The van der Waals surface area contributed by atoms with E-state index in [1.807, 2.05) is 25.1 Å². The Bertz CT molecular complexity index is 694. The fourth-order valence-corrected chi connectivity index (χ4v) is 1.85. The minimum absolute atomic E-state index is 0.183. The van der Waals surface area contributed by atoms with E-state index in [1.54, 1.807) is 30.3 Å². The average Bonchev–Trinajstić information content (AvgIpc) is 2.47. The minimum atomic E-state index is -0.271. The minimum Gasteiger partial charge on any atom is -0.294 e. The Morgan fingerprint density at radius 1 is 1.00 bits per heavy atom. The molecule has 0 N–H and O–H groups in total. The van der Waals surface area contributed by atoms with Crippen LogP contribution in [0.25, 0.3) is 0 Å². The molecule has 0 atom stereocenters. The van der Waals surface area contributed by atoms with Crippen LogP contribution in [0.5, 0.6) is 0 Å². The van der Waals surface area contributed by atoms with E-state index in [-0.39, 0.29) is 18.0 Å². The Balaban J connectivity index is 2.13. The van der Waals surface area contributed by atoms with Crippen molar-refractivity contribution < 1.29 is 9.59 Å². The molecule has 0 aliphatic rings. The van der Waals surface area contributed by atoms with Gasteiger partial charge in [0.25, 0.3) is 0 Å². The number of Topliss-reactive ketones (excluding diaryl/α,β-unsaturated/α-hetero) is 2. The van der Waals surface area contributed by atoms with Gasteiger partial charge in [-0.3, -0.25) is 9.59 Å². The highest BCUT2D eigenvalue weighted by atomic mass is 16.1. The first kappa shape index (κ1) is 13.7. The molecule has 0 fully saturated rings. The third-order valence-electron chi connectivity index (χ3n) is 3.01. The molecular formula is C17H13NO2. The van der Waals surface area contributed by atoms with Gasteiger partial charge in [0.05, 0.1) is 18.1 Å².